The number of amides is 1. The number of carbonyl (C=O) groups is 1. The summed E-state index contributed by atoms with van der Waals surface area (Å²) < 4.78 is 5.61. The molecule has 1 N–H and O–H groups in total. The molecule has 0 radical (unpaired) electrons. The van der Waals surface area contributed by atoms with Crippen LogP contribution in [0.25, 0.3) is 0 Å². The van der Waals surface area contributed by atoms with Gasteiger partial charge in [0.25, 0.3) is 5.91 Å². The fourth-order valence-electron chi connectivity index (χ4n) is 3.00. The number of halogens is 1. The zero-order valence-electron chi connectivity index (χ0n) is 11.4. The van der Waals surface area contributed by atoms with E-state index in [0.29, 0.717) is 6.04 Å². The maximum absolute atomic E-state index is 12.7. The summed E-state index contributed by atoms with van der Waals surface area (Å²) in [6, 6.07) is 0.373. The van der Waals surface area contributed by atoms with E-state index in [-0.39, 0.29) is 18.3 Å². The lowest BCUT2D eigenvalue weighted by Crippen LogP contribution is -2.58. The van der Waals surface area contributed by atoms with Gasteiger partial charge >= 0.3 is 0 Å². The standard InChI is InChI=1S/C13H24N2O2.ClH/c1-11-5-3-4-10-15(11)12(16)13(17-2)6-8-14-9-7-13;/h11,14H,3-10H2,1-2H3;1H. The second-order valence-electron chi connectivity index (χ2n) is 5.29. The number of methoxy groups -OCH3 is 1. The maximum Gasteiger partial charge on any atom is 0.255 e. The van der Waals surface area contributed by atoms with Gasteiger partial charge in [-0.15, -0.1) is 12.4 Å². The second-order valence-corrected chi connectivity index (χ2v) is 5.29. The molecule has 1 unspecified atom stereocenters. The summed E-state index contributed by atoms with van der Waals surface area (Å²) in [6.07, 6.45) is 5.10. The molecule has 0 aromatic rings. The van der Waals surface area contributed by atoms with E-state index in [4.69, 9.17) is 4.74 Å². The Morgan fingerprint density at radius 1 is 1.33 bits per heavy atom. The van der Waals surface area contributed by atoms with Crippen LogP contribution >= 0.6 is 12.4 Å². The molecule has 18 heavy (non-hydrogen) atoms. The van der Waals surface area contributed by atoms with E-state index in [9.17, 15) is 4.79 Å². The van der Waals surface area contributed by atoms with E-state index in [1.54, 1.807) is 7.11 Å². The third-order valence-corrected chi connectivity index (χ3v) is 4.26. The molecule has 2 saturated heterocycles. The van der Waals surface area contributed by atoms with Gasteiger partial charge in [0.15, 0.2) is 0 Å². The lowest BCUT2D eigenvalue weighted by molar-refractivity contribution is -0.161. The highest BCUT2D eigenvalue weighted by atomic mass is 35.5. The zero-order valence-corrected chi connectivity index (χ0v) is 12.2. The van der Waals surface area contributed by atoms with Gasteiger partial charge < -0.3 is 15.0 Å². The van der Waals surface area contributed by atoms with Crippen molar-refractivity contribution in [3.05, 3.63) is 0 Å². The van der Waals surface area contributed by atoms with Gasteiger partial charge in [-0.05, 0) is 52.1 Å². The van der Waals surface area contributed by atoms with Crippen molar-refractivity contribution in [2.45, 2.75) is 50.7 Å². The van der Waals surface area contributed by atoms with E-state index in [2.05, 4.69) is 12.2 Å². The molecule has 2 fully saturated rings. The lowest BCUT2D eigenvalue weighted by atomic mass is 9.88. The van der Waals surface area contributed by atoms with Crippen LogP contribution in [0.5, 0.6) is 0 Å². The molecule has 0 saturated carbocycles. The summed E-state index contributed by atoms with van der Waals surface area (Å²) in [6.45, 7) is 4.81. The normalized spacial score (nSPS) is 27.4. The Morgan fingerprint density at radius 3 is 2.56 bits per heavy atom. The minimum absolute atomic E-state index is 0. The van der Waals surface area contributed by atoms with Gasteiger partial charge in [-0.3, -0.25) is 4.79 Å². The van der Waals surface area contributed by atoms with Crippen molar-refractivity contribution < 1.29 is 9.53 Å². The van der Waals surface area contributed by atoms with Crippen LogP contribution in [0.3, 0.4) is 0 Å². The molecule has 0 aliphatic carbocycles. The van der Waals surface area contributed by atoms with Crippen molar-refractivity contribution >= 4 is 18.3 Å². The van der Waals surface area contributed by atoms with Gasteiger partial charge in [0.2, 0.25) is 0 Å². The topological polar surface area (TPSA) is 41.6 Å². The van der Waals surface area contributed by atoms with Crippen LogP contribution in [0.15, 0.2) is 0 Å². The van der Waals surface area contributed by atoms with E-state index in [1.807, 2.05) is 4.90 Å². The molecule has 2 heterocycles. The van der Waals surface area contributed by atoms with Crippen LogP contribution < -0.4 is 5.32 Å². The van der Waals surface area contributed by atoms with Crippen molar-refractivity contribution in [1.82, 2.24) is 10.2 Å². The van der Waals surface area contributed by atoms with Gasteiger partial charge in [-0.1, -0.05) is 0 Å². The molecule has 0 aromatic heterocycles. The molecule has 2 aliphatic heterocycles. The molecule has 1 amide bonds. The Hall–Kier alpha value is -0.320. The van der Waals surface area contributed by atoms with E-state index in [1.165, 1.54) is 6.42 Å². The van der Waals surface area contributed by atoms with Gasteiger partial charge in [0, 0.05) is 19.7 Å². The third kappa shape index (κ3) is 2.98. The number of hydrogen-bond donors (Lipinski definition) is 1. The fourth-order valence-corrected chi connectivity index (χ4v) is 3.00. The number of rotatable bonds is 2. The summed E-state index contributed by atoms with van der Waals surface area (Å²) in [5, 5.41) is 3.29. The molecule has 4 nitrogen and oxygen atoms in total. The highest BCUT2D eigenvalue weighted by molar-refractivity contribution is 5.86. The van der Waals surface area contributed by atoms with Gasteiger partial charge in [-0.2, -0.15) is 0 Å². The maximum atomic E-state index is 12.7. The van der Waals surface area contributed by atoms with Crippen LogP contribution in [-0.2, 0) is 9.53 Å². The summed E-state index contributed by atoms with van der Waals surface area (Å²) in [7, 11) is 1.68. The van der Waals surface area contributed by atoms with Crippen molar-refractivity contribution in [3.8, 4) is 0 Å². The summed E-state index contributed by atoms with van der Waals surface area (Å²) >= 11 is 0. The van der Waals surface area contributed by atoms with Gasteiger partial charge in [0.1, 0.15) is 5.60 Å². The van der Waals surface area contributed by atoms with Gasteiger partial charge in [-0.25, -0.2) is 0 Å². The van der Waals surface area contributed by atoms with Crippen LogP contribution in [0.2, 0.25) is 0 Å². The van der Waals surface area contributed by atoms with Crippen LogP contribution in [0.4, 0.5) is 0 Å². The fraction of sp³-hybridized carbons (Fsp3) is 0.923. The predicted molar refractivity (Wildman–Crippen MR) is 74.1 cm³/mol. The SMILES string of the molecule is COC1(C(=O)N2CCCCC2C)CCNCC1.Cl. The molecule has 0 spiro atoms. The monoisotopic (exact) mass is 276 g/mol. The van der Waals surface area contributed by atoms with Gasteiger partial charge in [0.05, 0.1) is 0 Å². The lowest BCUT2D eigenvalue weighted by Gasteiger charge is -2.42. The molecular weight excluding hydrogens is 252 g/mol. The van der Waals surface area contributed by atoms with Crippen LogP contribution in [-0.4, -0.2) is 49.2 Å². The highest BCUT2D eigenvalue weighted by Gasteiger charge is 2.43. The largest absolute Gasteiger partial charge is 0.368 e. The minimum atomic E-state index is -0.559. The average Bonchev–Trinajstić information content (AvgIpc) is 2.39. The van der Waals surface area contributed by atoms with Crippen molar-refractivity contribution in [3.63, 3.8) is 0 Å². The molecule has 0 aromatic carbocycles. The molecule has 106 valence electrons. The van der Waals surface area contributed by atoms with Crippen molar-refractivity contribution in [2.24, 2.45) is 0 Å². The van der Waals surface area contributed by atoms with Crippen LogP contribution in [0, 0.1) is 0 Å². The summed E-state index contributed by atoms with van der Waals surface area (Å²) in [4.78, 5) is 14.7. The molecule has 5 heteroatoms. The van der Waals surface area contributed by atoms with Crippen molar-refractivity contribution in [1.29, 1.82) is 0 Å². The first-order chi connectivity index (χ1) is 8.19. The first kappa shape index (κ1) is 15.7. The van der Waals surface area contributed by atoms with E-state index in [0.717, 1.165) is 45.3 Å². The number of piperidine rings is 2. The number of nitrogens with zero attached hydrogens (tertiary/aromatic N) is 1. The number of nitrogens with one attached hydrogen (secondary N) is 1. The average molecular weight is 277 g/mol. The zero-order chi connectivity index (χ0) is 12.3. The number of hydrogen-bond acceptors (Lipinski definition) is 3. The Morgan fingerprint density at radius 2 is 2.00 bits per heavy atom. The third-order valence-electron chi connectivity index (χ3n) is 4.26. The van der Waals surface area contributed by atoms with E-state index < -0.39 is 5.60 Å². The molecule has 2 aliphatic rings. The summed E-state index contributed by atoms with van der Waals surface area (Å²) in [5.74, 6) is 0.216. The van der Waals surface area contributed by atoms with Crippen LogP contribution in [0.1, 0.15) is 39.0 Å². The first-order valence-electron chi connectivity index (χ1n) is 6.76. The molecule has 1 atom stereocenters. The Labute approximate surface area is 116 Å². The van der Waals surface area contributed by atoms with E-state index >= 15 is 0 Å². The quantitative estimate of drug-likeness (QED) is 0.833. The molecule has 0 bridgehead atoms. The summed E-state index contributed by atoms with van der Waals surface area (Å²) in [5.41, 5.74) is -0.559. The molecule has 2 rings (SSSR count). The number of ether oxygens (including phenoxy) is 1. The number of likely N-dealkylation sites (tertiary alicyclic amines) is 1. The Bertz CT molecular complexity index is 280. The highest BCUT2D eigenvalue weighted by Crippen LogP contribution is 2.28. The second kappa shape index (κ2) is 6.73. The number of carbonyl (C=O) groups excluding carboxylic acids is 1. The Balaban J connectivity index is 0.00000162. The Kier molecular flexibility index (Phi) is 5.89. The smallest absolute Gasteiger partial charge is 0.255 e. The minimum Gasteiger partial charge on any atom is -0.368 e. The first-order valence-corrected chi connectivity index (χ1v) is 6.76. The van der Waals surface area contributed by atoms with Crippen molar-refractivity contribution in [2.75, 3.05) is 26.7 Å². The molecular formula is C13H25ClN2O2. The predicted octanol–water partition coefficient (Wildman–Crippen LogP) is 1.58.